The standard InChI is InChI=1S/C28H38ClN7O4/c1-17(2)22(16-37)31-26-24-20(29)15-30-25(24)33-28(34-26)32-21-5-4-18(14-23(21)39-3)27(38)36-8-6-19(7-9-36)35-10-12-40-13-11-35/h4-5,14-15,17,19,22,37H,6-13,16H2,1-3H3,(H3,30,31,32,33,34)/t22-/m0/s1. The highest BCUT2D eigenvalue weighted by atomic mass is 35.5. The van der Waals surface area contributed by atoms with Crippen LogP contribution in [0.15, 0.2) is 24.4 Å². The third-order valence-corrected chi connectivity index (χ3v) is 8.11. The Hall–Kier alpha value is -3.12. The molecule has 40 heavy (non-hydrogen) atoms. The molecule has 2 saturated heterocycles. The van der Waals surface area contributed by atoms with Crippen molar-refractivity contribution >= 4 is 46.0 Å². The van der Waals surface area contributed by atoms with Gasteiger partial charge < -0.3 is 35.1 Å². The number of carbonyl (C=O) groups excluding carboxylic acids is 1. The van der Waals surface area contributed by atoms with Crippen LogP contribution in [0.2, 0.25) is 5.02 Å². The van der Waals surface area contributed by atoms with E-state index >= 15 is 0 Å². The van der Waals surface area contributed by atoms with Crippen LogP contribution < -0.4 is 15.4 Å². The van der Waals surface area contributed by atoms with E-state index in [4.69, 9.17) is 21.1 Å². The van der Waals surface area contributed by atoms with Crippen LogP contribution in [0.25, 0.3) is 11.0 Å². The summed E-state index contributed by atoms with van der Waals surface area (Å²) in [5.41, 5.74) is 1.75. The van der Waals surface area contributed by atoms with E-state index in [1.165, 1.54) is 0 Å². The van der Waals surface area contributed by atoms with Gasteiger partial charge in [0.05, 0.1) is 49.1 Å². The van der Waals surface area contributed by atoms with E-state index in [-0.39, 0.29) is 24.5 Å². The molecule has 4 N–H and O–H groups in total. The van der Waals surface area contributed by atoms with Gasteiger partial charge in [-0.2, -0.15) is 9.97 Å². The van der Waals surface area contributed by atoms with Crippen LogP contribution in [0.1, 0.15) is 37.0 Å². The fourth-order valence-electron chi connectivity index (χ4n) is 5.36. The third-order valence-electron chi connectivity index (χ3n) is 7.82. The summed E-state index contributed by atoms with van der Waals surface area (Å²) in [5.74, 6) is 1.50. The number of amides is 1. The molecule has 0 aliphatic carbocycles. The topological polar surface area (TPSA) is 128 Å². The number of aliphatic hydroxyl groups is 1. The molecule has 2 aliphatic heterocycles. The quantitative estimate of drug-likeness (QED) is 0.304. The van der Waals surface area contributed by atoms with E-state index in [0.717, 1.165) is 52.2 Å². The van der Waals surface area contributed by atoms with E-state index in [1.807, 2.05) is 18.7 Å². The molecule has 0 radical (unpaired) electrons. The van der Waals surface area contributed by atoms with Crippen LogP contribution in [-0.4, -0.2) is 101 Å². The zero-order valence-corrected chi connectivity index (χ0v) is 24.0. The summed E-state index contributed by atoms with van der Waals surface area (Å²) in [6, 6.07) is 5.65. The van der Waals surface area contributed by atoms with Crippen molar-refractivity contribution in [1.29, 1.82) is 0 Å². The number of piperidine rings is 1. The predicted octanol–water partition coefficient (Wildman–Crippen LogP) is 3.73. The average Bonchev–Trinajstić information content (AvgIpc) is 3.36. The van der Waals surface area contributed by atoms with Gasteiger partial charge in [-0.05, 0) is 37.0 Å². The number of methoxy groups -OCH3 is 1. The van der Waals surface area contributed by atoms with Gasteiger partial charge in [-0.1, -0.05) is 25.4 Å². The van der Waals surface area contributed by atoms with Crippen molar-refractivity contribution in [2.45, 2.75) is 38.8 Å². The van der Waals surface area contributed by atoms with Crippen molar-refractivity contribution in [3.05, 3.63) is 35.0 Å². The SMILES string of the molecule is COc1cc(C(=O)N2CCC(N3CCOCC3)CC2)ccc1Nc1nc(N[C@@H](CO)C(C)C)c2c(Cl)c[nH]c2n1. The fraction of sp³-hybridized carbons (Fsp3) is 0.536. The normalized spacial score (nSPS) is 17.8. The number of H-pyrrole nitrogens is 1. The molecule has 1 atom stereocenters. The number of carbonyl (C=O) groups is 1. The van der Waals surface area contributed by atoms with Gasteiger partial charge in [-0.15, -0.1) is 0 Å². The van der Waals surface area contributed by atoms with Gasteiger partial charge in [0.25, 0.3) is 5.91 Å². The molecule has 1 amide bonds. The van der Waals surface area contributed by atoms with Gasteiger partial charge in [0.2, 0.25) is 5.95 Å². The number of nitrogens with one attached hydrogen (secondary N) is 3. The molecule has 2 aromatic heterocycles. The number of likely N-dealkylation sites (tertiary alicyclic amines) is 1. The summed E-state index contributed by atoms with van der Waals surface area (Å²) in [7, 11) is 1.57. The molecule has 0 unspecified atom stereocenters. The first kappa shape index (κ1) is 28.4. The summed E-state index contributed by atoms with van der Waals surface area (Å²) in [6.45, 7) is 8.96. The molecule has 5 rings (SSSR count). The van der Waals surface area contributed by atoms with Gasteiger partial charge in [-0.3, -0.25) is 9.69 Å². The average molecular weight is 572 g/mol. The second-order valence-electron chi connectivity index (χ2n) is 10.6. The van der Waals surface area contributed by atoms with Crippen molar-refractivity contribution < 1.29 is 19.4 Å². The number of morpholine rings is 1. The predicted molar refractivity (Wildman–Crippen MR) is 156 cm³/mol. The lowest BCUT2D eigenvalue weighted by Crippen LogP contribution is -2.50. The lowest BCUT2D eigenvalue weighted by atomic mass is 10.0. The molecule has 4 heterocycles. The Morgan fingerprint density at radius 2 is 1.98 bits per heavy atom. The van der Waals surface area contributed by atoms with Gasteiger partial charge >= 0.3 is 0 Å². The molecule has 1 aromatic carbocycles. The highest BCUT2D eigenvalue weighted by Gasteiger charge is 2.28. The first-order valence-electron chi connectivity index (χ1n) is 13.9. The lowest BCUT2D eigenvalue weighted by molar-refractivity contribution is 0.00159. The van der Waals surface area contributed by atoms with Crippen LogP contribution >= 0.6 is 11.6 Å². The summed E-state index contributed by atoms with van der Waals surface area (Å²) < 4.78 is 11.1. The van der Waals surface area contributed by atoms with Gasteiger partial charge in [0.15, 0.2) is 0 Å². The minimum Gasteiger partial charge on any atom is -0.495 e. The van der Waals surface area contributed by atoms with Crippen molar-refractivity contribution in [3.8, 4) is 5.75 Å². The van der Waals surface area contributed by atoms with Crippen LogP contribution in [0, 0.1) is 5.92 Å². The minimum absolute atomic E-state index is 0.000749. The molecular formula is C28H38ClN7O4. The Labute approximate surface area is 239 Å². The van der Waals surface area contributed by atoms with Crippen molar-refractivity contribution in [1.82, 2.24) is 24.8 Å². The Kier molecular flexibility index (Phi) is 8.94. The van der Waals surface area contributed by atoms with Crippen molar-refractivity contribution in [2.75, 3.05) is 63.7 Å². The maximum Gasteiger partial charge on any atom is 0.253 e. The largest absolute Gasteiger partial charge is 0.495 e. The lowest BCUT2D eigenvalue weighted by Gasteiger charge is -2.40. The zero-order chi connectivity index (χ0) is 28.2. The van der Waals surface area contributed by atoms with Crippen molar-refractivity contribution in [3.63, 3.8) is 0 Å². The highest BCUT2D eigenvalue weighted by Crippen LogP contribution is 2.33. The Morgan fingerprint density at radius 3 is 2.65 bits per heavy atom. The van der Waals surface area contributed by atoms with Gasteiger partial charge in [-0.25, -0.2) is 0 Å². The first-order valence-corrected chi connectivity index (χ1v) is 14.2. The second-order valence-corrected chi connectivity index (χ2v) is 11.1. The van der Waals surface area contributed by atoms with E-state index in [9.17, 15) is 9.90 Å². The van der Waals surface area contributed by atoms with Crippen LogP contribution in [0.5, 0.6) is 5.75 Å². The molecule has 12 heteroatoms. The number of ether oxygens (including phenoxy) is 2. The first-order chi connectivity index (χ1) is 19.4. The highest BCUT2D eigenvalue weighted by molar-refractivity contribution is 6.36. The number of anilines is 3. The Balaban J connectivity index is 1.31. The third kappa shape index (κ3) is 6.12. The maximum absolute atomic E-state index is 13.3. The number of hydrogen-bond acceptors (Lipinski definition) is 9. The minimum atomic E-state index is -0.212. The number of rotatable bonds is 9. The fourth-order valence-corrected chi connectivity index (χ4v) is 5.60. The molecule has 0 saturated carbocycles. The Bertz CT molecular complexity index is 1320. The van der Waals surface area contributed by atoms with Gasteiger partial charge in [0, 0.05) is 44.0 Å². The number of aromatic nitrogens is 3. The second kappa shape index (κ2) is 12.6. The smallest absolute Gasteiger partial charge is 0.253 e. The van der Waals surface area contributed by atoms with Crippen molar-refractivity contribution in [2.24, 2.45) is 5.92 Å². The molecule has 2 aliphatic rings. The Morgan fingerprint density at radius 1 is 1.23 bits per heavy atom. The number of aliphatic hydroxyl groups excluding tert-OH is 1. The van der Waals surface area contributed by atoms with E-state index in [2.05, 4.69) is 30.5 Å². The molecule has 0 spiro atoms. The number of fused-ring (bicyclic) bond motifs is 1. The number of benzene rings is 1. The maximum atomic E-state index is 13.3. The molecular weight excluding hydrogens is 534 g/mol. The summed E-state index contributed by atoms with van der Waals surface area (Å²) >= 11 is 6.41. The van der Waals surface area contributed by atoms with E-state index in [1.54, 1.807) is 31.5 Å². The van der Waals surface area contributed by atoms with Gasteiger partial charge in [0.1, 0.15) is 17.2 Å². The molecule has 3 aromatic rings. The number of aromatic amines is 1. The van der Waals surface area contributed by atoms with Crippen LogP contribution in [0.4, 0.5) is 17.5 Å². The van der Waals surface area contributed by atoms with E-state index < -0.39 is 0 Å². The molecule has 11 nitrogen and oxygen atoms in total. The number of halogens is 1. The number of nitrogens with zero attached hydrogens (tertiary/aromatic N) is 4. The van der Waals surface area contributed by atoms with Crippen LogP contribution in [-0.2, 0) is 4.74 Å². The molecule has 2 fully saturated rings. The number of hydrogen-bond donors (Lipinski definition) is 4. The summed E-state index contributed by atoms with van der Waals surface area (Å²) in [5, 5.41) is 17.5. The summed E-state index contributed by atoms with van der Waals surface area (Å²) in [6.07, 6.45) is 3.59. The van der Waals surface area contributed by atoms with Crippen LogP contribution in [0.3, 0.4) is 0 Å². The van der Waals surface area contributed by atoms with E-state index in [0.29, 0.717) is 50.9 Å². The monoisotopic (exact) mass is 571 g/mol. The summed E-state index contributed by atoms with van der Waals surface area (Å²) in [4.78, 5) is 30.1. The zero-order valence-electron chi connectivity index (χ0n) is 23.2. The molecule has 216 valence electrons. The molecule has 0 bridgehead atoms.